The lowest BCUT2D eigenvalue weighted by Crippen LogP contribution is -2.39. The predicted octanol–water partition coefficient (Wildman–Crippen LogP) is 2.57. The van der Waals surface area contributed by atoms with Crippen molar-refractivity contribution in [3.8, 4) is 0 Å². The van der Waals surface area contributed by atoms with E-state index in [1.165, 1.54) is 12.1 Å². The van der Waals surface area contributed by atoms with E-state index in [1.807, 2.05) is 12.1 Å². The van der Waals surface area contributed by atoms with E-state index in [4.69, 9.17) is 5.14 Å². The number of nitrogens with two attached hydrogens (primary N) is 1. The number of rotatable bonds is 5. The summed E-state index contributed by atoms with van der Waals surface area (Å²) in [6.07, 6.45) is 1.95. The molecule has 0 aliphatic heterocycles. The highest BCUT2D eigenvalue weighted by atomic mass is 32.2. The fraction of sp³-hybridized carbons (Fsp3) is 0.333. The quantitative estimate of drug-likeness (QED) is 0.879. The molecule has 0 amide bonds. The van der Waals surface area contributed by atoms with E-state index in [9.17, 15) is 12.8 Å². The summed E-state index contributed by atoms with van der Waals surface area (Å²) in [5, 5.41) is 10.3. The first-order valence-electron chi connectivity index (χ1n) is 7.01. The largest absolute Gasteiger partial charge is 0.310 e. The van der Waals surface area contributed by atoms with Crippen LogP contribution in [0.25, 0.3) is 0 Å². The second-order valence-electron chi connectivity index (χ2n) is 5.58. The van der Waals surface area contributed by atoms with Gasteiger partial charge in [0.2, 0.25) is 10.0 Å². The summed E-state index contributed by atoms with van der Waals surface area (Å²) in [5.74, 6) is 0.226. The third-order valence-electron chi connectivity index (χ3n) is 4.03. The minimum Gasteiger partial charge on any atom is -0.310 e. The SMILES string of the molecule is NS(=O)(=O)c1sccc1CNC1CC(c2ccc(F)cc2)C1. The molecule has 1 aromatic carbocycles. The molecule has 1 aliphatic rings. The Morgan fingerprint density at radius 3 is 2.55 bits per heavy atom. The molecular weight excluding hydrogens is 323 g/mol. The Kier molecular flexibility index (Phi) is 4.31. The van der Waals surface area contributed by atoms with Crippen molar-refractivity contribution in [3.05, 3.63) is 52.7 Å². The van der Waals surface area contributed by atoms with Crippen LogP contribution < -0.4 is 10.5 Å². The highest BCUT2D eigenvalue weighted by Crippen LogP contribution is 2.37. The minimum absolute atomic E-state index is 0.217. The number of hydrogen-bond acceptors (Lipinski definition) is 4. The molecule has 22 heavy (non-hydrogen) atoms. The van der Waals surface area contributed by atoms with Crippen LogP contribution in [0.2, 0.25) is 0 Å². The normalized spacial score (nSPS) is 21.5. The van der Waals surface area contributed by atoms with Crippen molar-refractivity contribution in [2.45, 2.75) is 35.6 Å². The van der Waals surface area contributed by atoms with Crippen molar-refractivity contribution in [2.24, 2.45) is 5.14 Å². The van der Waals surface area contributed by atoms with Crippen molar-refractivity contribution in [1.29, 1.82) is 0 Å². The fourth-order valence-electron chi connectivity index (χ4n) is 2.75. The van der Waals surface area contributed by atoms with E-state index in [0.29, 0.717) is 18.5 Å². The average Bonchev–Trinajstić information content (AvgIpc) is 2.87. The Hall–Kier alpha value is -1.28. The van der Waals surface area contributed by atoms with E-state index < -0.39 is 10.0 Å². The van der Waals surface area contributed by atoms with E-state index in [1.54, 1.807) is 11.4 Å². The second kappa shape index (κ2) is 6.08. The van der Waals surface area contributed by atoms with Crippen molar-refractivity contribution >= 4 is 21.4 Å². The number of nitrogens with one attached hydrogen (secondary N) is 1. The molecule has 7 heteroatoms. The Bertz CT molecular complexity index is 750. The summed E-state index contributed by atoms with van der Waals surface area (Å²) < 4.78 is 36.0. The van der Waals surface area contributed by atoms with Crippen LogP contribution >= 0.6 is 11.3 Å². The molecule has 3 N–H and O–H groups in total. The van der Waals surface area contributed by atoms with Gasteiger partial charge in [-0.2, -0.15) is 0 Å². The van der Waals surface area contributed by atoms with Crippen molar-refractivity contribution in [2.75, 3.05) is 0 Å². The molecule has 4 nitrogen and oxygen atoms in total. The zero-order valence-corrected chi connectivity index (χ0v) is 13.5. The summed E-state index contributed by atoms with van der Waals surface area (Å²) in [6.45, 7) is 0.496. The molecule has 0 bridgehead atoms. The van der Waals surface area contributed by atoms with E-state index in [0.717, 1.165) is 35.3 Å². The Balaban J connectivity index is 1.53. The maximum absolute atomic E-state index is 12.9. The smallest absolute Gasteiger partial charge is 0.247 e. The maximum atomic E-state index is 12.9. The standard InChI is InChI=1S/C15H17FN2O2S2/c16-13-3-1-10(2-4-13)12-7-14(8-12)18-9-11-5-6-21-15(11)22(17,19)20/h1-6,12,14,18H,7-9H2,(H2,17,19,20). The van der Waals surface area contributed by atoms with Crippen molar-refractivity contribution in [1.82, 2.24) is 5.32 Å². The average molecular weight is 340 g/mol. The number of benzene rings is 1. The molecule has 1 fully saturated rings. The van der Waals surface area contributed by atoms with Crippen LogP contribution in [0.15, 0.2) is 39.9 Å². The van der Waals surface area contributed by atoms with Crippen LogP contribution in [-0.4, -0.2) is 14.5 Å². The molecule has 0 unspecified atom stereocenters. The lowest BCUT2D eigenvalue weighted by molar-refractivity contribution is 0.289. The van der Waals surface area contributed by atoms with Crippen LogP contribution in [0.1, 0.15) is 29.9 Å². The fourth-order valence-corrected chi connectivity index (χ4v) is 4.60. The van der Waals surface area contributed by atoms with Gasteiger partial charge >= 0.3 is 0 Å². The topological polar surface area (TPSA) is 72.2 Å². The zero-order chi connectivity index (χ0) is 15.7. The van der Waals surface area contributed by atoms with Gasteiger partial charge in [-0.3, -0.25) is 0 Å². The first-order valence-corrected chi connectivity index (χ1v) is 9.44. The molecule has 0 saturated heterocycles. The molecule has 1 heterocycles. The summed E-state index contributed by atoms with van der Waals surface area (Å²) in [6, 6.07) is 8.76. The summed E-state index contributed by atoms with van der Waals surface area (Å²) in [5.41, 5.74) is 1.87. The van der Waals surface area contributed by atoms with Gasteiger partial charge < -0.3 is 5.32 Å². The van der Waals surface area contributed by atoms with Gasteiger partial charge in [-0.05, 0) is 53.5 Å². The minimum atomic E-state index is -3.64. The lowest BCUT2D eigenvalue weighted by Gasteiger charge is -2.36. The molecule has 0 radical (unpaired) electrons. The second-order valence-corrected chi connectivity index (χ2v) is 8.25. The number of primary sulfonamides is 1. The third-order valence-corrected chi connectivity index (χ3v) is 6.54. The molecule has 1 aliphatic carbocycles. The first kappa shape index (κ1) is 15.6. The molecular formula is C15H17FN2O2S2. The van der Waals surface area contributed by atoms with Gasteiger partial charge in [-0.1, -0.05) is 12.1 Å². The van der Waals surface area contributed by atoms with Gasteiger partial charge in [-0.15, -0.1) is 11.3 Å². The van der Waals surface area contributed by atoms with Crippen LogP contribution in [0.5, 0.6) is 0 Å². The number of halogens is 1. The first-order chi connectivity index (χ1) is 10.4. The van der Waals surface area contributed by atoms with E-state index in [-0.39, 0.29) is 10.0 Å². The number of sulfonamides is 1. The van der Waals surface area contributed by atoms with Gasteiger partial charge in [0.15, 0.2) is 0 Å². The van der Waals surface area contributed by atoms with Crippen LogP contribution in [0.3, 0.4) is 0 Å². The monoisotopic (exact) mass is 340 g/mol. The summed E-state index contributed by atoms with van der Waals surface area (Å²) >= 11 is 1.14. The van der Waals surface area contributed by atoms with Crippen LogP contribution in [0, 0.1) is 5.82 Å². The van der Waals surface area contributed by atoms with Gasteiger partial charge in [0.1, 0.15) is 10.0 Å². The molecule has 0 spiro atoms. The molecule has 1 saturated carbocycles. The molecule has 0 atom stereocenters. The van der Waals surface area contributed by atoms with Gasteiger partial charge in [0.25, 0.3) is 0 Å². The van der Waals surface area contributed by atoms with Crippen molar-refractivity contribution in [3.63, 3.8) is 0 Å². The van der Waals surface area contributed by atoms with Gasteiger partial charge in [0, 0.05) is 12.6 Å². The van der Waals surface area contributed by atoms with E-state index >= 15 is 0 Å². The maximum Gasteiger partial charge on any atom is 0.247 e. The molecule has 118 valence electrons. The highest BCUT2D eigenvalue weighted by molar-refractivity contribution is 7.91. The number of hydrogen-bond donors (Lipinski definition) is 2. The lowest BCUT2D eigenvalue weighted by atomic mass is 9.76. The van der Waals surface area contributed by atoms with Gasteiger partial charge in [-0.25, -0.2) is 17.9 Å². The Morgan fingerprint density at radius 2 is 1.91 bits per heavy atom. The third kappa shape index (κ3) is 3.38. The Labute approximate surface area is 133 Å². The summed E-state index contributed by atoms with van der Waals surface area (Å²) in [4.78, 5) is 0. The molecule has 1 aromatic heterocycles. The van der Waals surface area contributed by atoms with E-state index in [2.05, 4.69) is 5.32 Å². The van der Waals surface area contributed by atoms with Gasteiger partial charge in [0.05, 0.1) is 0 Å². The Morgan fingerprint density at radius 1 is 1.23 bits per heavy atom. The highest BCUT2D eigenvalue weighted by Gasteiger charge is 2.30. The van der Waals surface area contributed by atoms with Crippen LogP contribution in [-0.2, 0) is 16.6 Å². The molecule has 3 rings (SSSR count). The summed E-state index contributed by atoms with van der Waals surface area (Å²) in [7, 11) is -3.64. The number of thiophene rings is 1. The zero-order valence-electron chi connectivity index (χ0n) is 11.8. The molecule has 2 aromatic rings. The van der Waals surface area contributed by atoms with Crippen LogP contribution in [0.4, 0.5) is 4.39 Å². The predicted molar refractivity (Wildman–Crippen MR) is 84.7 cm³/mol. The van der Waals surface area contributed by atoms with Crippen molar-refractivity contribution < 1.29 is 12.8 Å².